The molecule has 0 fully saturated rings. The normalized spacial score (nSPS) is 12.5. The number of rotatable bonds is 5. The number of hydrogen-bond donors (Lipinski definition) is 1. The average molecular weight is 350 g/mol. The number of aryl methyl sites for hydroxylation is 1. The van der Waals surface area contributed by atoms with Gasteiger partial charge in [0.25, 0.3) is 5.56 Å². The molecule has 2 aromatic rings. The summed E-state index contributed by atoms with van der Waals surface area (Å²) in [7, 11) is 0. The van der Waals surface area contributed by atoms with Crippen LogP contribution in [0.25, 0.3) is 10.2 Å². The summed E-state index contributed by atoms with van der Waals surface area (Å²) in [6.07, 6.45) is 2.11. The van der Waals surface area contributed by atoms with Gasteiger partial charge in [-0.2, -0.15) is 0 Å². The Morgan fingerprint density at radius 1 is 1.42 bits per heavy atom. The van der Waals surface area contributed by atoms with E-state index in [1.165, 1.54) is 6.08 Å². The standard InChI is InChI=1S/C16H18N2O5S/c1-5-7-10(19)23-9(4)13-17-14(20)11-8(3)12(16(21)22-6-2)24-15(11)18-13/h5,7,9H,6H2,1-4H3,(H,17,18,20)/b7-5+/t9-/m0/s1. The third-order valence-corrected chi connectivity index (χ3v) is 4.43. The highest BCUT2D eigenvalue weighted by molar-refractivity contribution is 7.20. The van der Waals surface area contributed by atoms with E-state index in [2.05, 4.69) is 9.97 Å². The summed E-state index contributed by atoms with van der Waals surface area (Å²) in [5.74, 6) is -0.782. The molecule has 128 valence electrons. The molecule has 24 heavy (non-hydrogen) atoms. The van der Waals surface area contributed by atoms with E-state index in [0.29, 0.717) is 20.7 Å². The quantitative estimate of drug-likeness (QED) is 0.657. The summed E-state index contributed by atoms with van der Waals surface area (Å²) in [5, 5.41) is 0.346. The van der Waals surface area contributed by atoms with E-state index >= 15 is 0 Å². The zero-order valence-electron chi connectivity index (χ0n) is 13.8. The number of aromatic nitrogens is 2. The molecule has 0 saturated carbocycles. The van der Waals surface area contributed by atoms with E-state index in [-0.39, 0.29) is 18.0 Å². The molecule has 8 heteroatoms. The van der Waals surface area contributed by atoms with Gasteiger partial charge in [-0.15, -0.1) is 11.3 Å². The van der Waals surface area contributed by atoms with Crippen molar-refractivity contribution in [1.82, 2.24) is 9.97 Å². The van der Waals surface area contributed by atoms with Gasteiger partial charge in [-0.05, 0) is 33.3 Å². The van der Waals surface area contributed by atoms with Crippen molar-refractivity contribution >= 4 is 33.5 Å². The molecule has 0 amide bonds. The van der Waals surface area contributed by atoms with Gasteiger partial charge in [0.2, 0.25) is 0 Å². The Balaban J connectivity index is 2.44. The van der Waals surface area contributed by atoms with E-state index in [9.17, 15) is 14.4 Å². The molecule has 0 radical (unpaired) electrons. The lowest BCUT2D eigenvalue weighted by Gasteiger charge is -2.10. The lowest BCUT2D eigenvalue weighted by Crippen LogP contribution is -2.16. The molecule has 0 aliphatic heterocycles. The fourth-order valence-corrected chi connectivity index (χ4v) is 3.23. The molecular weight excluding hydrogens is 332 g/mol. The third kappa shape index (κ3) is 3.53. The molecule has 2 aromatic heterocycles. The molecule has 0 aliphatic rings. The fraction of sp³-hybridized carbons (Fsp3) is 0.375. The van der Waals surface area contributed by atoms with E-state index in [1.54, 1.807) is 33.8 Å². The Morgan fingerprint density at radius 3 is 2.75 bits per heavy atom. The van der Waals surface area contributed by atoms with Crippen LogP contribution in [0.4, 0.5) is 0 Å². The van der Waals surface area contributed by atoms with Crippen LogP contribution in [0, 0.1) is 6.92 Å². The van der Waals surface area contributed by atoms with Crippen molar-refractivity contribution in [2.24, 2.45) is 0 Å². The Bertz CT molecular complexity index is 865. The van der Waals surface area contributed by atoms with Gasteiger partial charge in [0.15, 0.2) is 11.9 Å². The maximum Gasteiger partial charge on any atom is 0.348 e. The topological polar surface area (TPSA) is 98.3 Å². The Kier molecular flexibility index (Phi) is 5.50. The van der Waals surface area contributed by atoms with Crippen LogP contribution >= 0.6 is 11.3 Å². The van der Waals surface area contributed by atoms with Crippen molar-refractivity contribution in [2.45, 2.75) is 33.8 Å². The Labute approximate surface area is 142 Å². The minimum absolute atomic E-state index is 0.224. The number of thiophene rings is 1. The molecule has 1 atom stereocenters. The van der Waals surface area contributed by atoms with Crippen LogP contribution in [0.3, 0.4) is 0 Å². The number of hydrogen-bond acceptors (Lipinski definition) is 7. The number of nitrogens with one attached hydrogen (secondary N) is 1. The number of H-pyrrole nitrogens is 1. The minimum atomic E-state index is -0.723. The van der Waals surface area contributed by atoms with Crippen molar-refractivity contribution in [3.8, 4) is 0 Å². The summed E-state index contributed by atoms with van der Waals surface area (Å²) in [6.45, 7) is 6.95. The third-order valence-electron chi connectivity index (χ3n) is 3.26. The number of nitrogens with zero attached hydrogens (tertiary/aromatic N) is 1. The first-order valence-electron chi connectivity index (χ1n) is 7.42. The summed E-state index contributed by atoms with van der Waals surface area (Å²) < 4.78 is 10.1. The maximum absolute atomic E-state index is 12.3. The minimum Gasteiger partial charge on any atom is -0.462 e. The number of allylic oxidation sites excluding steroid dienone is 1. The van der Waals surface area contributed by atoms with Crippen molar-refractivity contribution in [3.63, 3.8) is 0 Å². The van der Waals surface area contributed by atoms with Gasteiger partial charge in [0.05, 0.1) is 12.0 Å². The first kappa shape index (κ1) is 17.9. The smallest absolute Gasteiger partial charge is 0.348 e. The van der Waals surface area contributed by atoms with Gasteiger partial charge in [0, 0.05) is 6.08 Å². The van der Waals surface area contributed by atoms with Crippen molar-refractivity contribution in [1.29, 1.82) is 0 Å². The molecule has 0 aliphatic carbocycles. The molecule has 1 N–H and O–H groups in total. The van der Waals surface area contributed by atoms with Crippen LogP contribution in [-0.2, 0) is 14.3 Å². The second-order valence-electron chi connectivity index (χ2n) is 4.99. The molecule has 0 saturated heterocycles. The predicted molar refractivity (Wildman–Crippen MR) is 90.3 cm³/mol. The van der Waals surface area contributed by atoms with Crippen molar-refractivity contribution < 1.29 is 19.1 Å². The lowest BCUT2D eigenvalue weighted by molar-refractivity contribution is -0.142. The highest BCUT2D eigenvalue weighted by atomic mass is 32.1. The summed E-state index contributed by atoms with van der Waals surface area (Å²) >= 11 is 1.09. The Hall–Kier alpha value is -2.48. The largest absolute Gasteiger partial charge is 0.462 e. The number of carbonyl (C=O) groups excluding carboxylic acids is 2. The van der Waals surface area contributed by atoms with Crippen LogP contribution in [0.1, 0.15) is 47.9 Å². The van der Waals surface area contributed by atoms with Gasteiger partial charge >= 0.3 is 11.9 Å². The first-order valence-corrected chi connectivity index (χ1v) is 8.24. The van der Waals surface area contributed by atoms with Crippen LogP contribution in [-0.4, -0.2) is 28.5 Å². The first-order chi connectivity index (χ1) is 11.4. The van der Waals surface area contributed by atoms with E-state index in [1.807, 2.05) is 0 Å². The molecule has 7 nitrogen and oxygen atoms in total. The average Bonchev–Trinajstić information content (AvgIpc) is 2.85. The summed E-state index contributed by atoms with van der Waals surface area (Å²) in [4.78, 5) is 43.5. The number of aromatic amines is 1. The summed E-state index contributed by atoms with van der Waals surface area (Å²) in [5.41, 5.74) is 0.153. The molecule has 0 bridgehead atoms. The van der Waals surface area contributed by atoms with Gasteiger partial charge in [0.1, 0.15) is 9.71 Å². The van der Waals surface area contributed by atoms with Gasteiger partial charge in [-0.3, -0.25) is 4.79 Å². The fourth-order valence-electron chi connectivity index (χ4n) is 2.15. The van der Waals surface area contributed by atoms with E-state index in [0.717, 1.165) is 11.3 Å². The summed E-state index contributed by atoms with van der Waals surface area (Å²) in [6, 6.07) is 0. The predicted octanol–water partition coefficient (Wildman–Crippen LogP) is 2.65. The molecular formula is C16H18N2O5S. The maximum atomic E-state index is 12.3. The van der Waals surface area contributed by atoms with Crippen LogP contribution < -0.4 is 5.56 Å². The number of fused-ring (bicyclic) bond motifs is 1. The second-order valence-corrected chi connectivity index (χ2v) is 5.99. The zero-order valence-corrected chi connectivity index (χ0v) is 14.7. The van der Waals surface area contributed by atoms with Gasteiger partial charge in [-0.25, -0.2) is 14.6 Å². The monoisotopic (exact) mass is 350 g/mol. The molecule has 0 aromatic carbocycles. The van der Waals surface area contributed by atoms with Gasteiger partial charge < -0.3 is 14.5 Å². The molecule has 0 unspecified atom stereocenters. The van der Waals surface area contributed by atoms with E-state index in [4.69, 9.17) is 9.47 Å². The number of ether oxygens (including phenoxy) is 2. The highest BCUT2D eigenvalue weighted by Crippen LogP contribution is 2.28. The van der Waals surface area contributed by atoms with Crippen molar-refractivity contribution in [3.05, 3.63) is 38.8 Å². The molecule has 2 heterocycles. The number of esters is 2. The zero-order chi connectivity index (χ0) is 17.9. The highest BCUT2D eigenvalue weighted by Gasteiger charge is 2.22. The Morgan fingerprint density at radius 2 is 2.12 bits per heavy atom. The second kappa shape index (κ2) is 7.39. The van der Waals surface area contributed by atoms with Crippen LogP contribution in [0.15, 0.2) is 16.9 Å². The van der Waals surface area contributed by atoms with Crippen LogP contribution in [0.5, 0.6) is 0 Å². The van der Waals surface area contributed by atoms with Crippen molar-refractivity contribution in [2.75, 3.05) is 6.61 Å². The molecule has 2 rings (SSSR count). The number of carbonyl (C=O) groups is 2. The van der Waals surface area contributed by atoms with E-state index < -0.39 is 18.0 Å². The van der Waals surface area contributed by atoms with Crippen LogP contribution in [0.2, 0.25) is 0 Å². The SMILES string of the molecule is C/C=C/C(=O)O[C@@H](C)c1nc2sc(C(=O)OCC)c(C)c2c(=O)[nH]1. The lowest BCUT2D eigenvalue weighted by atomic mass is 10.2. The molecule has 0 spiro atoms. The van der Waals surface area contributed by atoms with Gasteiger partial charge in [-0.1, -0.05) is 6.08 Å².